The van der Waals surface area contributed by atoms with Gasteiger partial charge >= 0.3 is 0 Å². The Morgan fingerprint density at radius 1 is 1.23 bits per heavy atom. The van der Waals surface area contributed by atoms with E-state index in [-0.39, 0.29) is 11.9 Å². The normalized spacial score (nSPS) is 15.1. The molecule has 7 nitrogen and oxygen atoms in total. The summed E-state index contributed by atoms with van der Waals surface area (Å²) in [6.45, 7) is 5.50. The molecule has 1 fully saturated rings. The number of hydrogen-bond donors (Lipinski definition) is 2. The van der Waals surface area contributed by atoms with Gasteiger partial charge in [-0.05, 0) is 18.1 Å². The molecule has 138 valence electrons. The molecule has 26 heavy (non-hydrogen) atoms. The molecule has 0 atom stereocenters. The van der Waals surface area contributed by atoms with Crippen LogP contribution in [0.4, 0.5) is 17.5 Å². The SMILES string of the molecule is CCc1ccccc1NC(=O)CN1CCN(c2cc(Cl)nc(N)n2)CC1. The summed E-state index contributed by atoms with van der Waals surface area (Å²) in [6.07, 6.45) is 0.889. The van der Waals surface area contributed by atoms with Gasteiger partial charge in [0, 0.05) is 37.9 Å². The third-order valence-electron chi connectivity index (χ3n) is 4.43. The van der Waals surface area contributed by atoms with Gasteiger partial charge in [0.15, 0.2) is 0 Å². The zero-order valence-corrected chi connectivity index (χ0v) is 15.5. The van der Waals surface area contributed by atoms with Gasteiger partial charge in [0.1, 0.15) is 11.0 Å². The number of para-hydroxylation sites is 1. The van der Waals surface area contributed by atoms with Crippen LogP contribution in [-0.4, -0.2) is 53.5 Å². The molecule has 0 unspecified atom stereocenters. The molecular weight excluding hydrogens is 352 g/mol. The highest BCUT2D eigenvalue weighted by atomic mass is 35.5. The van der Waals surface area contributed by atoms with Crippen LogP contribution >= 0.6 is 11.6 Å². The first-order valence-electron chi connectivity index (χ1n) is 8.70. The fourth-order valence-electron chi connectivity index (χ4n) is 3.06. The average molecular weight is 375 g/mol. The molecule has 0 bridgehead atoms. The Morgan fingerprint density at radius 2 is 1.96 bits per heavy atom. The lowest BCUT2D eigenvalue weighted by molar-refractivity contribution is -0.117. The van der Waals surface area contributed by atoms with E-state index in [1.165, 1.54) is 0 Å². The quantitative estimate of drug-likeness (QED) is 0.779. The van der Waals surface area contributed by atoms with Crippen molar-refractivity contribution in [2.75, 3.05) is 48.7 Å². The summed E-state index contributed by atoms with van der Waals surface area (Å²) in [5.41, 5.74) is 7.70. The predicted octanol–water partition coefficient (Wildman–Crippen LogP) is 2.04. The van der Waals surface area contributed by atoms with Crippen molar-refractivity contribution in [1.29, 1.82) is 0 Å². The minimum atomic E-state index is 0.00803. The molecule has 0 radical (unpaired) electrons. The van der Waals surface area contributed by atoms with Crippen LogP contribution in [0, 0.1) is 0 Å². The molecule has 1 amide bonds. The molecule has 0 spiro atoms. The number of nitrogens with two attached hydrogens (primary N) is 1. The molecule has 8 heteroatoms. The average Bonchev–Trinajstić information content (AvgIpc) is 2.62. The number of nitrogens with zero attached hydrogens (tertiary/aromatic N) is 4. The van der Waals surface area contributed by atoms with Gasteiger partial charge in [-0.3, -0.25) is 9.69 Å². The van der Waals surface area contributed by atoms with Crippen molar-refractivity contribution in [3.05, 3.63) is 41.0 Å². The first-order chi connectivity index (χ1) is 12.5. The maximum atomic E-state index is 12.4. The third-order valence-corrected chi connectivity index (χ3v) is 4.63. The first kappa shape index (κ1) is 18.4. The first-order valence-corrected chi connectivity index (χ1v) is 9.08. The van der Waals surface area contributed by atoms with Gasteiger partial charge in [-0.2, -0.15) is 4.98 Å². The minimum absolute atomic E-state index is 0.00803. The summed E-state index contributed by atoms with van der Waals surface area (Å²) in [7, 11) is 0. The zero-order chi connectivity index (χ0) is 18.5. The number of nitrogens with one attached hydrogen (secondary N) is 1. The van der Waals surface area contributed by atoms with Crippen LogP contribution in [-0.2, 0) is 11.2 Å². The Balaban J connectivity index is 1.53. The van der Waals surface area contributed by atoms with Crippen molar-refractivity contribution in [3.63, 3.8) is 0 Å². The lowest BCUT2D eigenvalue weighted by Crippen LogP contribution is -2.49. The van der Waals surface area contributed by atoms with E-state index in [0.29, 0.717) is 11.7 Å². The summed E-state index contributed by atoms with van der Waals surface area (Å²) < 4.78 is 0. The number of piperazine rings is 1. The van der Waals surface area contributed by atoms with Gasteiger partial charge in [0.2, 0.25) is 11.9 Å². The summed E-state index contributed by atoms with van der Waals surface area (Å²) in [5, 5.41) is 3.35. The molecule has 2 aromatic rings. The van der Waals surface area contributed by atoms with Crippen LogP contribution in [0.2, 0.25) is 5.15 Å². The fraction of sp³-hybridized carbons (Fsp3) is 0.389. The van der Waals surface area contributed by atoms with E-state index in [1.54, 1.807) is 6.07 Å². The lowest BCUT2D eigenvalue weighted by atomic mass is 10.1. The molecule has 0 aliphatic carbocycles. The second kappa shape index (κ2) is 8.33. The Bertz CT molecular complexity index is 756. The zero-order valence-electron chi connectivity index (χ0n) is 14.8. The van der Waals surface area contributed by atoms with Crippen LogP contribution in [0.5, 0.6) is 0 Å². The molecule has 1 aliphatic heterocycles. The van der Waals surface area contributed by atoms with Crippen molar-refractivity contribution in [2.45, 2.75) is 13.3 Å². The Labute approximate surface area is 158 Å². The van der Waals surface area contributed by atoms with Crippen LogP contribution in [0.25, 0.3) is 0 Å². The molecule has 2 heterocycles. The molecule has 3 N–H and O–H groups in total. The highest BCUT2D eigenvalue weighted by Gasteiger charge is 2.21. The summed E-state index contributed by atoms with van der Waals surface area (Å²) in [6, 6.07) is 9.61. The van der Waals surface area contributed by atoms with Crippen molar-refractivity contribution in [1.82, 2.24) is 14.9 Å². The van der Waals surface area contributed by atoms with E-state index in [4.69, 9.17) is 17.3 Å². The molecule has 1 saturated heterocycles. The number of nitrogen functional groups attached to an aromatic ring is 1. The van der Waals surface area contributed by atoms with E-state index in [0.717, 1.165) is 49.7 Å². The predicted molar refractivity (Wildman–Crippen MR) is 105 cm³/mol. The second-order valence-corrected chi connectivity index (χ2v) is 6.62. The maximum absolute atomic E-state index is 12.4. The number of halogens is 1. The van der Waals surface area contributed by atoms with E-state index in [1.807, 2.05) is 24.3 Å². The van der Waals surface area contributed by atoms with Crippen LogP contribution in [0.15, 0.2) is 30.3 Å². The number of aryl methyl sites for hydroxylation is 1. The van der Waals surface area contributed by atoms with Gasteiger partial charge in [0.05, 0.1) is 6.54 Å². The third kappa shape index (κ3) is 4.62. The number of aromatic nitrogens is 2. The summed E-state index contributed by atoms with van der Waals surface area (Å²) in [5.74, 6) is 0.904. The molecular formula is C18H23ClN6O. The fourth-order valence-corrected chi connectivity index (χ4v) is 3.25. The van der Waals surface area contributed by atoms with Gasteiger partial charge in [-0.1, -0.05) is 36.7 Å². The summed E-state index contributed by atoms with van der Waals surface area (Å²) in [4.78, 5) is 24.7. The standard InChI is InChI=1S/C18H23ClN6O/c1-2-13-5-3-4-6-14(13)21-17(26)12-24-7-9-25(10-8-24)16-11-15(19)22-18(20)23-16/h3-6,11H,2,7-10,12H2,1H3,(H,21,26)(H2,20,22,23). The highest BCUT2D eigenvalue weighted by Crippen LogP contribution is 2.19. The highest BCUT2D eigenvalue weighted by molar-refractivity contribution is 6.29. The number of amides is 1. The van der Waals surface area contributed by atoms with E-state index < -0.39 is 0 Å². The largest absolute Gasteiger partial charge is 0.368 e. The Kier molecular flexibility index (Phi) is 5.90. The van der Waals surface area contributed by atoms with E-state index in [2.05, 4.69) is 32.0 Å². The number of hydrogen-bond acceptors (Lipinski definition) is 6. The number of carbonyl (C=O) groups is 1. The molecule has 0 saturated carbocycles. The van der Waals surface area contributed by atoms with Crippen LogP contribution < -0.4 is 16.0 Å². The van der Waals surface area contributed by atoms with Gasteiger partial charge in [-0.25, -0.2) is 4.98 Å². The van der Waals surface area contributed by atoms with Crippen molar-refractivity contribution >= 4 is 35.0 Å². The Morgan fingerprint density at radius 3 is 2.65 bits per heavy atom. The smallest absolute Gasteiger partial charge is 0.238 e. The van der Waals surface area contributed by atoms with E-state index >= 15 is 0 Å². The maximum Gasteiger partial charge on any atom is 0.238 e. The minimum Gasteiger partial charge on any atom is -0.368 e. The molecule has 1 aromatic heterocycles. The van der Waals surface area contributed by atoms with Gasteiger partial charge < -0.3 is 16.0 Å². The van der Waals surface area contributed by atoms with Gasteiger partial charge in [0.25, 0.3) is 0 Å². The Hall–Kier alpha value is -2.38. The number of anilines is 3. The second-order valence-electron chi connectivity index (χ2n) is 6.23. The monoisotopic (exact) mass is 374 g/mol. The lowest BCUT2D eigenvalue weighted by Gasteiger charge is -2.35. The van der Waals surface area contributed by atoms with Gasteiger partial charge in [-0.15, -0.1) is 0 Å². The van der Waals surface area contributed by atoms with Crippen molar-refractivity contribution in [3.8, 4) is 0 Å². The number of benzene rings is 1. The van der Waals surface area contributed by atoms with E-state index in [9.17, 15) is 4.79 Å². The van der Waals surface area contributed by atoms with Crippen LogP contribution in [0.3, 0.4) is 0 Å². The molecule has 1 aliphatic rings. The van der Waals surface area contributed by atoms with Crippen molar-refractivity contribution < 1.29 is 4.79 Å². The van der Waals surface area contributed by atoms with Crippen molar-refractivity contribution in [2.24, 2.45) is 0 Å². The number of rotatable bonds is 5. The summed E-state index contributed by atoms with van der Waals surface area (Å²) >= 11 is 5.95. The molecule has 3 rings (SSSR count). The number of carbonyl (C=O) groups excluding carboxylic acids is 1. The van der Waals surface area contributed by atoms with Crippen LogP contribution in [0.1, 0.15) is 12.5 Å². The molecule has 1 aromatic carbocycles. The topological polar surface area (TPSA) is 87.4 Å².